The minimum absolute atomic E-state index is 0. The standard InChI is InChI=1S/C19H27FN6O.ClH/c1-14-22-23-24-26(14)18(13-16-4-3-5-17(20)12-16)19(27)25-10-7-15(8-11-25)6-9-21-2;/h3-5,12,15,18,21H,6-11,13H2,1-2H3;1H. The highest BCUT2D eigenvalue weighted by molar-refractivity contribution is 5.85. The monoisotopic (exact) mass is 410 g/mol. The molecule has 1 fully saturated rings. The van der Waals surface area contributed by atoms with Gasteiger partial charge in [0.05, 0.1) is 0 Å². The average Bonchev–Trinajstić information content (AvgIpc) is 3.10. The number of hydrogen-bond acceptors (Lipinski definition) is 5. The van der Waals surface area contributed by atoms with Crippen LogP contribution in [-0.2, 0) is 11.2 Å². The lowest BCUT2D eigenvalue weighted by molar-refractivity contribution is -0.136. The molecule has 0 bridgehead atoms. The smallest absolute Gasteiger partial charge is 0.247 e. The summed E-state index contributed by atoms with van der Waals surface area (Å²) in [5.74, 6) is 0.922. The molecular weight excluding hydrogens is 383 g/mol. The van der Waals surface area contributed by atoms with Gasteiger partial charge in [-0.1, -0.05) is 12.1 Å². The molecule has 1 amide bonds. The average molecular weight is 411 g/mol. The lowest BCUT2D eigenvalue weighted by Crippen LogP contribution is -2.43. The van der Waals surface area contributed by atoms with E-state index in [1.54, 1.807) is 17.7 Å². The van der Waals surface area contributed by atoms with E-state index in [-0.39, 0.29) is 24.1 Å². The van der Waals surface area contributed by atoms with Crippen LogP contribution in [0.15, 0.2) is 24.3 Å². The van der Waals surface area contributed by atoms with Gasteiger partial charge >= 0.3 is 0 Å². The van der Waals surface area contributed by atoms with E-state index in [1.165, 1.54) is 12.1 Å². The van der Waals surface area contributed by atoms with Gasteiger partial charge in [0.2, 0.25) is 5.91 Å². The lowest BCUT2D eigenvalue weighted by atomic mass is 9.93. The summed E-state index contributed by atoms with van der Waals surface area (Å²) in [6.45, 7) is 4.27. The molecule has 0 aliphatic carbocycles. The van der Waals surface area contributed by atoms with E-state index in [2.05, 4.69) is 20.8 Å². The minimum Gasteiger partial charge on any atom is -0.341 e. The molecule has 154 valence electrons. The van der Waals surface area contributed by atoms with Gasteiger partial charge in [0.15, 0.2) is 0 Å². The molecule has 1 saturated heterocycles. The number of nitrogens with one attached hydrogen (secondary N) is 1. The SMILES string of the molecule is CNCCC1CCN(C(=O)C(Cc2cccc(F)c2)n2nnnc2C)CC1.Cl. The molecule has 0 spiro atoms. The summed E-state index contributed by atoms with van der Waals surface area (Å²) in [5.41, 5.74) is 0.757. The third kappa shape index (κ3) is 5.48. The molecule has 1 aliphatic rings. The van der Waals surface area contributed by atoms with E-state index in [0.717, 1.165) is 44.5 Å². The Morgan fingerprint density at radius 1 is 1.36 bits per heavy atom. The fourth-order valence-corrected chi connectivity index (χ4v) is 3.69. The van der Waals surface area contributed by atoms with Crippen molar-refractivity contribution in [3.05, 3.63) is 41.5 Å². The number of aromatic nitrogens is 4. The van der Waals surface area contributed by atoms with E-state index in [0.29, 0.717) is 18.2 Å². The van der Waals surface area contributed by atoms with Gasteiger partial charge in [-0.15, -0.1) is 17.5 Å². The van der Waals surface area contributed by atoms with Gasteiger partial charge in [-0.05, 0) is 73.8 Å². The number of hydrogen-bond donors (Lipinski definition) is 1. The molecule has 1 aliphatic heterocycles. The Hall–Kier alpha value is -2.06. The maximum absolute atomic E-state index is 13.6. The zero-order valence-electron chi connectivity index (χ0n) is 16.3. The summed E-state index contributed by atoms with van der Waals surface area (Å²) < 4.78 is 15.1. The van der Waals surface area contributed by atoms with Crippen LogP contribution in [0.5, 0.6) is 0 Å². The van der Waals surface area contributed by atoms with E-state index < -0.39 is 6.04 Å². The van der Waals surface area contributed by atoms with Crippen LogP contribution in [-0.4, -0.2) is 57.7 Å². The van der Waals surface area contributed by atoms with Crippen LogP contribution in [0.2, 0.25) is 0 Å². The van der Waals surface area contributed by atoms with Crippen LogP contribution in [0, 0.1) is 18.7 Å². The maximum atomic E-state index is 13.6. The van der Waals surface area contributed by atoms with Gasteiger partial charge in [-0.3, -0.25) is 4.79 Å². The normalized spacial score (nSPS) is 15.9. The first-order valence-corrected chi connectivity index (χ1v) is 9.50. The summed E-state index contributed by atoms with van der Waals surface area (Å²) in [4.78, 5) is 15.2. The van der Waals surface area contributed by atoms with Crippen LogP contribution in [0.1, 0.15) is 36.7 Å². The van der Waals surface area contributed by atoms with Crippen LogP contribution < -0.4 is 5.32 Å². The van der Waals surface area contributed by atoms with E-state index in [9.17, 15) is 9.18 Å². The van der Waals surface area contributed by atoms with E-state index >= 15 is 0 Å². The second-order valence-electron chi connectivity index (χ2n) is 7.18. The molecule has 1 atom stereocenters. The lowest BCUT2D eigenvalue weighted by Gasteiger charge is -2.34. The largest absolute Gasteiger partial charge is 0.341 e. The van der Waals surface area contributed by atoms with Crippen molar-refractivity contribution in [1.82, 2.24) is 30.4 Å². The quantitative estimate of drug-likeness (QED) is 0.757. The number of amides is 1. The Balaban J connectivity index is 0.00000280. The summed E-state index contributed by atoms with van der Waals surface area (Å²) in [7, 11) is 1.96. The van der Waals surface area contributed by atoms with Crippen molar-refractivity contribution in [1.29, 1.82) is 0 Å². The predicted molar refractivity (Wildman–Crippen MR) is 107 cm³/mol. The molecule has 1 aromatic heterocycles. The Kier molecular flexibility index (Phi) is 8.32. The topological polar surface area (TPSA) is 75.9 Å². The Morgan fingerprint density at radius 3 is 2.71 bits per heavy atom. The van der Waals surface area contributed by atoms with Crippen molar-refractivity contribution in [3.8, 4) is 0 Å². The van der Waals surface area contributed by atoms with Crippen LogP contribution in [0.25, 0.3) is 0 Å². The summed E-state index contributed by atoms with van der Waals surface area (Å²) in [5, 5.41) is 14.8. The number of likely N-dealkylation sites (tertiary alicyclic amines) is 1. The fourth-order valence-electron chi connectivity index (χ4n) is 3.69. The van der Waals surface area contributed by atoms with Crippen molar-refractivity contribution in [2.75, 3.05) is 26.7 Å². The first-order valence-electron chi connectivity index (χ1n) is 9.50. The molecule has 28 heavy (non-hydrogen) atoms. The van der Waals surface area contributed by atoms with Gasteiger partial charge < -0.3 is 10.2 Å². The summed E-state index contributed by atoms with van der Waals surface area (Å²) in [6.07, 6.45) is 3.52. The van der Waals surface area contributed by atoms with Crippen molar-refractivity contribution in [3.63, 3.8) is 0 Å². The van der Waals surface area contributed by atoms with Gasteiger partial charge in [0.25, 0.3) is 0 Å². The first-order chi connectivity index (χ1) is 13.1. The number of tetrazole rings is 1. The van der Waals surface area contributed by atoms with Gasteiger partial charge in [-0.25, -0.2) is 9.07 Å². The molecule has 7 nitrogen and oxygen atoms in total. The van der Waals surface area contributed by atoms with Gasteiger partial charge in [0, 0.05) is 19.5 Å². The Labute approximate surface area is 171 Å². The van der Waals surface area contributed by atoms with E-state index in [1.807, 2.05) is 18.0 Å². The number of nitrogens with zero attached hydrogens (tertiary/aromatic N) is 5. The van der Waals surface area contributed by atoms with Crippen LogP contribution in [0.3, 0.4) is 0 Å². The molecular formula is C19H28ClFN6O. The predicted octanol–water partition coefficient (Wildman–Crippen LogP) is 2.17. The number of piperidine rings is 1. The fraction of sp³-hybridized carbons (Fsp3) is 0.579. The van der Waals surface area contributed by atoms with Gasteiger partial charge in [-0.2, -0.15) is 0 Å². The molecule has 3 rings (SSSR count). The highest BCUT2D eigenvalue weighted by Gasteiger charge is 2.31. The number of carbonyl (C=O) groups excluding carboxylic acids is 1. The molecule has 1 unspecified atom stereocenters. The molecule has 2 aromatic rings. The number of halogens is 2. The van der Waals surface area contributed by atoms with Crippen molar-refractivity contribution in [2.24, 2.45) is 5.92 Å². The van der Waals surface area contributed by atoms with E-state index in [4.69, 9.17) is 0 Å². The molecule has 1 N–H and O–H groups in total. The Bertz CT molecular complexity index is 762. The summed E-state index contributed by atoms with van der Waals surface area (Å²) >= 11 is 0. The zero-order valence-corrected chi connectivity index (χ0v) is 17.2. The molecule has 0 radical (unpaired) electrons. The minimum atomic E-state index is -0.560. The molecule has 2 heterocycles. The highest BCUT2D eigenvalue weighted by Crippen LogP contribution is 2.24. The number of carbonyl (C=O) groups is 1. The van der Waals surface area contributed by atoms with Gasteiger partial charge in [0.1, 0.15) is 17.7 Å². The van der Waals surface area contributed by atoms with Crippen molar-refractivity contribution >= 4 is 18.3 Å². The maximum Gasteiger partial charge on any atom is 0.247 e. The second-order valence-corrected chi connectivity index (χ2v) is 7.18. The molecule has 0 saturated carbocycles. The summed E-state index contributed by atoms with van der Waals surface area (Å²) in [6, 6.07) is 5.79. The van der Waals surface area contributed by atoms with Crippen LogP contribution >= 0.6 is 12.4 Å². The number of rotatable bonds is 7. The highest BCUT2D eigenvalue weighted by atomic mass is 35.5. The third-order valence-electron chi connectivity index (χ3n) is 5.28. The molecule has 1 aromatic carbocycles. The van der Waals surface area contributed by atoms with Crippen LogP contribution in [0.4, 0.5) is 4.39 Å². The molecule has 9 heteroatoms. The first kappa shape index (κ1) is 22.2. The van der Waals surface area contributed by atoms with Crippen molar-refractivity contribution in [2.45, 2.75) is 38.6 Å². The number of benzene rings is 1. The third-order valence-corrected chi connectivity index (χ3v) is 5.28. The Morgan fingerprint density at radius 2 is 2.11 bits per heavy atom. The zero-order chi connectivity index (χ0) is 19.2. The van der Waals surface area contributed by atoms with Crippen molar-refractivity contribution < 1.29 is 9.18 Å². The number of aryl methyl sites for hydroxylation is 1. The second kappa shape index (κ2) is 10.5.